The summed E-state index contributed by atoms with van der Waals surface area (Å²) in [6, 6.07) is 14.3. The number of non-ortho nitro benzene ring substituents is 1. The van der Waals surface area contributed by atoms with Crippen molar-refractivity contribution in [2.45, 2.75) is 6.54 Å². The van der Waals surface area contributed by atoms with E-state index in [1.807, 2.05) is 0 Å². The van der Waals surface area contributed by atoms with Gasteiger partial charge in [-0.05, 0) is 36.4 Å². The normalized spacial score (nSPS) is 10.7. The summed E-state index contributed by atoms with van der Waals surface area (Å²) >= 11 is 5.81. The summed E-state index contributed by atoms with van der Waals surface area (Å²) in [4.78, 5) is 22.5. The van der Waals surface area contributed by atoms with Crippen molar-refractivity contribution in [3.8, 4) is 5.75 Å². The van der Waals surface area contributed by atoms with E-state index in [1.54, 1.807) is 36.4 Å². The number of hydrogen-bond donors (Lipinski definition) is 0. The predicted octanol–water partition coefficient (Wildman–Crippen LogP) is 3.64. The van der Waals surface area contributed by atoms with E-state index in [0.717, 1.165) is 0 Å². The van der Waals surface area contributed by atoms with E-state index in [9.17, 15) is 14.9 Å². The monoisotopic (exact) mass is 344 g/mol. The lowest BCUT2D eigenvalue weighted by molar-refractivity contribution is -0.384. The maximum atomic E-state index is 12.1. The van der Waals surface area contributed by atoms with Gasteiger partial charge < -0.3 is 9.30 Å². The van der Waals surface area contributed by atoms with Crippen LogP contribution >= 0.6 is 11.6 Å². The van der Waals surface area contributed by atoms with Crippen molar-refractivity contribution in [3.05, 3.63) is 80.1 Å². The largest absolute Gasteiger partial charge is 0.492 e. The van der Waals surface area contributed by atoms with Crippen LogP contribution in [0.4, 0.5) is 5.69 Å². The van der Waals surface area contributed by atoms with Gasteiger partial charge in [-0.2, -0.15) is 0 Å². The molecule has 0 N–H and O–H groups in total. The molecule has 0 saturated carbocycles. The van der Waals surface area contributed by atoms with Crippen LogP contribution in [0.15, 0.2) is 59.4 Å². The fourth-order valence-corrected chi connectivity index (χ4v) is 2.55. The Hall–Kier alpha value is -2.86. The predicted molar refractivity (Wildman–Crippen MR) is 91.8 cm³/mol. The molecule has 2 aromatic carbocycles. The summed E-state index contributed by atoms with van der Waals surface area (Å²) in [5.41, 5.74) is 0.439. The highest BCUT2D eigenvalue weighted by molar-refractivity contribution is 6.30. The van der Waals surface area contributed by atoms with Gasteiger partial charge in [-0.3, -0.25) is 14.9 Å². The number of aromatic nitrogens is 1. The molecule has 0 aliphatic rings. The molecule has 7 heteroatoms. The SMILES string of the molecule is O=c1ccc2cc([N+](=O)[O-])ccc2n1CCOc1ccc(Cl)cc1. The van der Waals surface area contributed by atoms with E-state index in [2.05, 4.69) is 0 Å². The molecule has 0 amide bonds. The molecule has 1 aromatic heterocycles. The third-order valence-corrected chi connectivity index (χ3v) is 3.83. The molecule has 0 aliphatic heterocycles. The fourth-order valence-electron chi connectivity index (χ4n) is 2.42. The van der Waals surface area contributed by atoms with Crippen LogP contribution in [-0.4, -0.2) is 16.1 Å². The van der Waals surface area contributed by atoms with Crippen LogP contribution in [-0.2, 0) is 6.54 Å². The van der Waals surface area contributed by atoms with E-state index in [1.165, 1.54) is 22.8 Å². The molecule has 0 bridgehead atoms. The van der Waals surface area contributed by atoms with Gasteiger partial charge in [0.2, 0.25) is 0 Å². The maximum absolute atomic E-state index is 12.1. The summed E-state index contributed by atoms with van der Waals surface area (Å²) < 4.78 is 7.14. The number of nitrogens with zero attached hydrogens (tertiary/aromatic N) is 2. The smallest absolute Gasteiger partial charge is 0.270 e. The van der Waals surface area contributed by atoms with Gasteiger partial charge >= 0.3 is 0 Å². The number of benzene rings is 2. The van der Waals surface area contributed by atoms with Crippen LogP contribution in [0, 0.1) is 10.1 Å². The van der Waals surface area contributed by atoms with Crippen LogP contribution < -0.4 is 10.3 Å². The van der Waals surface area contributed by atoms with E-state index in [0.29, 0.717) is 28.2 Å². The minimum atomic E-state index is -0.460. The van der Waals surface area contributed by atoms with Crippen molar-refractivity contribution >= 4 is 28.2 Å². The van der Waals surface area contributed by atoms with Gasteiger partial charge in [0.15, 0.2) is 0 Å². The van der Waals surface area contributed by atoms with E-state index in [-0.39, 0.29) is 17.9 Å². The van der Waals surface area contributed by atoms with Gasteiger partial charge in [0.05, 0.1) is 17.0 Å². The topological polar surface area (TPSA) is 74.4 Å². The van der Waals surface area contributed by atoms with Crippen LogP contribution in [0.25, 0.3) is 10.9 Å². The first-order chi connectivity index (χ1) is 11.5. The van der Waals surface area contributed by atoms with Gasteiger partial charge in [0.1, 0.15) is 12.4 Å². The molecular weight excluding hydrogens is 332 g/mol. The highest BCUT2D eigenvalue weighted by Crippen LogP contribution is 2.20. The molecule has 1 heterocycles. The van der Waals surface area contributed by atoms with E-state index in [4.69, 9.17) is 16.3 Å². The lowest BCUT2D eigenvalue weighted by Gasteiger charge is -2.11. The summed E-state index contributed by atoms with van der Waals surface area (Å²) in [6.07, 6.45) is 0. The minimum absolute atomic E-state index is 0.00915. The number of nitro groups is 1. The van der Waals surface area contributed by atoms with Gasteiger partial charge in [0, 0.05) is 28.6 Å². The molecule has 0 radical (unpaired) electrons. The zero-order valence-electron chi connectivity index (χ0n) is 12.5. The number of fused-ring (bicyclic) bond motifs is 1. The second kappa shape index (κ2) is 6.72. The highest BCUT2D eigenvalue weighted by atomic mass is 35.5. The van der Waals surface area contributed by atoms with E-state index >= 15 is 0 Å². The number of hydrogen-bond acceptors (Lipinski definition) is 4. The molecule has 24 heavy (non-hydrogen) atoms. The zero-order valence-corrected chi connectivity index (χ0v) is 13.3. The molecule has 0 fully saturated rings. The minimum Gasteiger partial charge on any atom is -0.492 e. The molecule has 122 valence electrons. The summed E-state index contributed by atoms with van der Waals surface area (Å²) in [7, 11) is 0. The van der Waals surface area contributed by atoms with Gasteiger partial charge in [0.25, 0.3) is 11.2 Å². The van der Waals surface area contributed by atoms with E-state index < -0.39 is 4.92 Å². The number of pyridine rings is 1. The molecule has 3 aromatic rings. The van der Waals surface area contributed by atoms with Gasteiger partial charge in [-0.15, -0.1) is 0 Å². The number of ether oxygens (including phenoxy) is 1. The molecule has 0 atom stereocenters. The summed E-state index contributed by atoms with van der Waals surface area (Å²) in [6.45, 7) is 0.619. The van der Waals surface area contributed by atoms with Crippen LogP contribution in [0.5, 0.6) is 5.75 Å². The Morgan fingerprint density at radius 3 is 2.54 bits per heavy atom. The third-order valence-electron chi connectivity index (χ3n) is 3.58. The average Bonchev–Trinajstić information content (AvgIpc) is 2.58. The van der Waals surface area contributed by atoms with Crippen molar-refractivity contribution in [3.63, 3.8) is 0 Å². The average molecular weight is 345 g/mol. The van der Waals surface area contributed by atoms with Gasteiger partial charge in [-0.25, -0.2) is 0 Å². The first kappa shape index (κ1) is 16.0. The molecule has 3 rings (SSSR count). The Bertz CT molecular complexity index is 951. The molecular formula is C17H13ClN2O4. The number of halogens is 1. The Morgan fingerprint density at radius 1 is 1.08 bits per heavy atom. The third kappa shape index (κ3) is 3.38. The second-order valence-corrected chi connectivity index (χ2v) is 5.56. The molecule has 6 nitrogen and oxygen atoms in total. The maximum Gasteiger partial charge on any atom is 0.270 e. The second-order valence-electron chi connectivity index (χ2n) is 5.13. The summed E-state index contributed by atoms with van der Waals surface area (Å²) in [5.74, 6) is 0.656. The lowest BCUT2D eigenvalue weighted by Crippen LogP contribution is -2.22. The Balaban J connectivity index is 1.83. The molecule has 0 unspecified atom stereocenters. The molecule has 0 spiro atoms. The van der Waals surface area contributed by atoms with Crippen LogP contribution in [0.1, 0.15) is 0 Å². The Morgan fingerprint density at radius 2 is 1.83 bits per heavy atom. The van der Waals surface area contributed by atoms with Crippen molar-refractivity contribution in [1.82, 2.24) is 4.57 Å². The Kier molecular flexibility index (Phi) is 4.48. The lowest BCUT2D eigenvalue weighted by atomic mass is 10.2. The van der Waals surface area contributed by atoms with Gasteiger partial charge in [-0.1, -0.05) is 11.6 Å². The van der Waals surface area contributed by atoms with Crippen LogP contribution in [0.2, 0.25) is 5.02 Å². The summed E-state index contributed by atoms with van der Waals surface area (Å²) in [5, 5.41) is 12.1. The molecule has 0 aliphatic carbocycles. The first-order valence-corrected chi connectivity index (χ1v) is 7.59. The molecule has 0 saturated heterocycles. The van der Waals surface area contributed by atoms with Crippen molar-refractivity contribution in [1.29, 1.82) is 0 Å². The number of nitro benzene ring substituents is 1. The number of rotatable bonds is 5. The quantitative estimate of drug-likeness (QED) is 0.523. The van der Waals surface area contributed by atoms with Crippen molar-refractivity contribution < 1.29 is 9.66 Å². The highest BCUT2D eigenvalue weighted by Gasteiger charge is 2.09. The van der Waals surface area contributed by atoms with Crippen molar-refractivity contribution in [2.24, 2.45) is 0 Å². The Labute approximate surface area is 142 Å². The standard InChI is InChI=1S/C17H13ClN2O4/c18-13-2-5-15(6-3-13)24-10-9-19-16-7-4-14(20(22)23)11-12(16)1-8-17(19)21/h1-8,11H,9-10H2. The zero-order chi connectivity index (χ0) is 17.1. The first-order valence-electron chi connectivity index (χ1n) is 7.21. The fraction of sp³-hybridized carbons (Fsp3) is 0.118. The van der Waals surface area contributed by atoms with Crippen molar-refractivity contribution in [2.75, 3.05) is 6.61 Å². The van der Waals surface area contributed by atoms with Crippen LogP contribution in [0.3, 0.4) is 0 Å².